The summed E-state index contributed by atoms with van der Waals surface area (Å²) in [5.74, 6) is -2.44. The van der Waals surface area contributed by atoms with Crippen molar-refractivity contribution in [2.45, 2.75) is 30.9 Å². The number of nitrogens with zero attached hydrogens (tertiary/aromatic N) is 2. The molecule has 1 rings (SSSR count). The van der Waals surface area contributed by atoms with Gasteiger partial charge in [0.1, 0.15) is 0 Å². The van der Waals surface area contributed by atoms with E-state index in [4.69, 9.17) is 0 Å². The molecule has 0 saturated carbocycles. The topological polar surface area (TPSA) is 52.1 Å². The summed E-state index contributed by atoms with van der Waals surface area (Å²) < 4.78 is 78.3. The third-order valence-electron chi connectivity index (χ3n) is 2.17. The first-order chi connectivity index (χ1) is 10.0. The van der Waals surface area contributed by atoms with E-state index >= 15 is 0 Å². The van der Waals surface area contributed by atoms with E-state index in [0.717, 1.165) is 0 Å². The van der Waals surface area contributed by atoms with E-state index < -0.39 is 51.5 Å². The van der Waals surface area contributed by atoms with Crippen LogP contribution in [-0.4, -0.2) is 44.5 Å². The Kier molecular flexibility index (Phi) is 6.22. The molecule has 1 aromatic heterocycles. The Hall–Kier alpha value is -1.31. The van der Waals surface area contributed by atoms with E-state index in [1.165, 1.54) is 6.92 Å². The minimum absolute atomic E-state index is 0.0294. The fourth-order valence-corrected chi connectivity index (χ4v) is 3.50. The first-order valence-electron chi connectivity index (χ1n) is 5.90. The van der Waals surface area contributed by atoms with Gasteiger partial charge >= 0.3 is 127 Å². The van der Waals surface area contributed by atoms with E-state index in [1.54, 1.807) is 0 Å². The molecule has 22 heavy (non-hydrogen) atoms. The van der Waals surface area contributed by atoms with E-state index in [-0.39, 0.29) is 16.7 Å². The van der Waals surface area contributed by atoms with Crippen molar-refractivity contribution in [3.8, 4) is 0 Å². The summed E-state index contributed by atoms with van der Waals surface area (Å²) in [6.07, 6.45) is -9.76. The van der Waals surface area contributed by atoms with Crippen LogP contribution < -0.4 is 4.48 Å². The van der Waals surface area contributed by atoms with Crippen molar-refractivity contribution in [3.05, 3.63) is 17.6 Å². The fourth-order valence-electron chi connectivity index (χ4n) is 1.27. The molecule has 0 aromatic carbocycles. The van der Waals surface area contributed by atoms with Crippen LogP contribution in [0.15, 0.2) is 6.20 Å². The number of carbonyl (C=O) groups excluding carboxylic acids is 1. The summed E-state index contributed by atoms with van der Waals surface area (Å²) >= 11 is -1.38. The molecule has 0 N–H and O–H groups in total. The van der Waals surface area contributed by atoms with Crippen molar-refractivity contribution in [2.24, 2.45) is 0 Å². The van der Waals surface area contributed by atoms with Crippen LogP contribution in [0, 0.1) is 0 Å². The molecule has 4 nitrogen and oxygen atoms in total. The Morgan fingerprint density at radius 1 is 1.27 bits per heavy atom. The number of aromatic nitrogens is 2. The van der Waals surface area contributed by atoms with Gasteiger partial charge in [-0.25, -0.2) is 0 Å². The molecule has 11 heteroatoms. The first-order valence-corrected chi connectivity index (χ1v) is 8.16. The third-order valence-corrected chi connectivity index (χ3v) is 4.46. The van der Waals surface area contributed by atoms with Gasteiger partial charge in [-0.1, -0.05) is 0 Å². The quantitative estimate of drug-likeness (QED) is 0.440. The molecule has 0 bridgehead atoms. The second-order valence-corrected chi connectivity index (χ2v) is 6.39. The average molecular weight is 391 g/mol. The van der Waals surface area contributed by atoms with Gasteiger partial charge in [0.15, 0.2) is 0 Å². The SMILES string of the molecule is CCOC(=O)c1cnc(C(F)(F)F)nc1[As]CCC(F)(F)F. The fraction of sp³-hybridized carbons (Fsp3) is 0.545. The zero-order chi connectivity index (χ0) is 17.0. The third kappa shape index (κ3) is 5.82. The summed E-state index contributed by atoms with van der Waals surface area (Å²) in [5, 5.41) is -0.402. The number of alkyl halides is 6. The molecule has 0 aliphatic rings. The van der Waals surface area contributed by atoms with Crippen LogP contribution >= 0.6 is 0 Å². The van der Waals surface area contributed by atoms with Gasteiger partial charge in [0.05, 0.1) is 0 Å². The van der Waals surface area contributed by atoms with Gasteiger partial charge in [0.25, 0.3) is 0 Å². The molecule has 0 aliphatic heterocycles. The number of ether oxygens (including phenoxy) is 1. The molecule has 1 aromatic rings. The zero-order valence-electron chi connectivity index (χ0n) is 11.1. The number of halogens is 6. The molecule has 1 radical (unpaired) electrons. The minimum atomic E-state index is -4.84. The maximum absolute atomic E-state index is 12.5. The van der Waals surface area contributed by atoms with Crippen LogP contribution in [0.1, 0.15) is 29.5 Å². The summed E-state index contributed by atoms with van der Waals surface area (Å²) in [4.78, 5) is 17.8. The van der Waals surface area contributed by atoms with Crippen molar-refractivity contribution >= 4 is 26.2 Å². The Balaban J connectivity index is 3.03. The summed E-state index contributed by atoms with van der Waals surface area (Å²) in [5.41, 5.74) is -0.322. The van der Waals surface area contributed by atoms with Crippen molar-refractivity contribution in [3.63, 3.8) is 0 Å². The number of hydrogen-bond acceptors (Lipinski definition) is 4. The zero-order valence-corrected chi connectivity index (χ0v) is 13.0. The van der Waals surface area contributed by atoms with Crippen LogP contribution in [0.2, 0.25) is 5.21 Å². The molecule has 0 aliphatic carbocycles. The van der Waals surface area contributed by atoms with Gasteiger partial charge in [0.2, 0.25) is 0 Å². The van der Waals surface area contributed by atoms with Crippen LogP contribution in [0.3, 0.4) is 0 Å². The molecule has 0 atom stereocenters. The normalized spacial score (nSPS) is 12.9. The van der Waals surface area contributed by atoms with Gasteiger partial charge in [-0.2, -0.15) is 0 Å². The number of carbonyl (C=O) groups is 1. The first kappa shape index (κ1) is 18.7. The number of rotatable bonds is 5. The Morgan fingerprint density at radius 2 is 1.91 bits per heavy atom. The maximum atomic E-state index is 12.5. The Morgan fingerprint density at radius 3 is 2.41 bits per heavy atom. The molecule has 1 heterocycles. The average Bonchev–Trinajstić information content (AvgIpc) is 2.36. The summed E-state index contributed by atoms with van der Waals surface area (Å²) in [6, 6.07) is 0. The van der Waals surface area contributed by atoms with E-state index in [1.807, 2.05) is 0 Å². The van der Waals surface area contributed by atoms with Gasteiger partial charge in [-0.15, -0.1) is 0 Å². The van der Waals surface area contributed by atoms with Crippen molar-refractivity contribution in [2.75, 3.05) is 6.61 Å². The van der Waals surface area contributed by atoms with E-state index in [2.05, 4.69) is 14.7 Å². The predicted octanol–water partition coefficient (Wildman–Crippen LogP) is 2.37. The second-order valence-electron chi connectivity index (χ2n) is 3.90. The van der Waals surface area contributed by atoms with Gasteiger partial charge in [-0.3, -0.25) is 0 Å². The molecule has 0 unspecified atom stereocenters. The molecule has 123 valence electrons. The van der Waals surface area contributed by atoms with Crippen molar-refractivity contribution < 1.29 is 35.9 Å². The molecule has 0 fully saturated rings. The second kappa shape index (κ2) is 7.30. The molecular weight excluding hydrogens is 381 g/mol. The van der Waals surface area contributed by atoms with Gasteiger partial charge in [-0.05, 0) is 0 Å². The number of esters is 1. The van der Waals surface area contributed by atoms with Gasteiger partial charge < -0.3 is 0 Å². The van der Waals surface area contributed by atoms with Gasteiger partial charge in [0, 0.05) is 0 Å². The van der Waals surface area contributed by atoms with Crippen molar-refractivity contribution in [1.82, 2.24) is 9.97 Å². The molecular formula is C11H10AsF6N2O2. The number of hydrogen-bond donors (Lipinski definition) is 0. The molecule has 0 spiro atoms. The monoisotopic (exact) mass is 391 g/mol. The standard InChI is InChI=1S/C11H10AsF6N2O2/c1-2-22-8(21)6-5-19-9(11(16,17)18)20-7(6)12-4-3-10(13,14)15/h5H,2-4H2,1H3. The van der Waals surface area contributed by atoms with Crippen LogP contribution in [-0.2, 0) is 10.9 Å². The van der Waals surface area contributed by atoms with E-state index in [9.17, 15) is 31.1 Å². The Bertz CT molecular complexity index is 532. The Labute approximate surface area is 128 Å². The predicted molar refractivity (Wildman–Crippen MR) is 63.9 cm³/mol. The van der Waals surface area contributed by atoms with E-state index in [0.29, 0.717) is 6.20 Å². The summed E-state index contributed by atoms with van der Waals surface area (Å²) in [6.45, 7) is 1.46. The van der Waals surface area contributed by atoms with Crippen molar-refractivity contribution in [1.29, 1.82) is 0 Å². The molecule has 0 amide bonds. The van der Waals surface area contributed by atoms with Crippen LogP contribution in [0.4, 0.5) is 26.3 Å². The molecule has 0 saturated heterocycles. The van der Waals surface area contributed by atoms with Crippen LogP contribution in [0.5, 0.6) is 0 Å². The van der Waals surface area contributed by atoms with Crippen LogP contribution in [0.25, 0.3) is 0 Å². The summed E-state index contributed by atoms with van der Waals surface area (Å²) in [7, 11) is 0.